The molecule has 8 heteroatoms. The number of aliphatic carboxylic acids is 1. The predicted octanol–water partition coefficient (Wildman–Crippen LogP) is 13.1. The molecule has 0 amide bonds. The van der Waals surface area contributed by atoms with Crippen molar-refractivity contribution >= 4 is 17.9 Å². The average molecular weight is 890 g/mol. The van der Waals surface area contributed by atoms with Crippen LogP contribution < -0.4 is 5.11 Å². The molecule has 0 aromatic rings. The van der Waals surface area contributed by atoms with Crippen LogP contribution in [0.2, 0.25) is 0 Å². The molecule has 362 valence electrons. The van der Waals surface area contributed by atoms with E-state index in [0.29, 0.717) is 12.8 Å². The van der Waals surface area contributed by atoms with Gasteiger partial charge in [-0.05, 0) is 57.8 Å². The van der Waals surface area contributed by atoms with Crippen LogP contribution in [0.3, 0.4) is 0 Å². The van der Waals surface area contributed by atoms with Crippen molar-refractivity contribution in [2.75, 3.05) is 41.0 Å². The van der Waals surface area contributed by atoms with Crippen LogP contribution >= 0.6 is 0 Å². The Morgan fingerprint density at radius 3 is 1.41 bits per heavy atom. The van der Waals surface area contributed by atoms with Gasteiger partial charge in [0.2, 0.25) is 0 Å². The zero-order valence-electron chi connectivity index (χ0n) is 41.2. The first kappa shape index (κ1) is 60.0. The van der Waals surface area contributed by atoms with Crippen molar-refractivity contribution in [1.29, 1.82) is 0 Å². The Labute approximate surface area is 391 Å². The maximum absolute atomic E-state index is 12.8. The summed E-state index contributed by atoms with van der Waals surface area (Å²) in [6.45, 7) is 4.36. The van der Waals surface area contributed by atoms with Gasteiger partial charge in [-0.3, -0.25) is 9.59 Å². The highest BCUT2D eigenvalue weighted by Crippen LogP contribution is 2.15. The number of carboxylic acid groups (broad SMARTS) is 1. The fraction of sp³-hybridized carbons (Fsp3) is 0.625. The molecule has 0 bridgehead atoms. The molecule has 0 saturated carbocycles. The number of unbranched alkanes of at least 4 members (excludes halogenated alkanes) is 17. The van der Waals surface area contributed by atoms with E-state index < -0.39 is 18.1 Å². The minimum Gasteiger partial charge on any atom is -0.544 e. The third-order valence-corrected chi connectivity index (χ3v) is 10.6. The van der Waals surface area contributed by atoms with E-state index >= 15 is 0 Å². The molecule has 0 fully saturated rings. The second-order valence-electron chi connectivity index (χ2n) is 17.5. The lowest BCUT2D eigenvalue weighted by Gasteiger charge is -2.34. The number of likely N-dealkylation sites (N-methyl/N-ethyl adjacent to an activating group) is 1. The first-order valence-corrected chi connectivity index (χ1v) is 25.0. The van der Waals surface area contributed by atoms with Crippen LogP contribution in [0.4, 0.5) is 0 Å². The van der Waals surface area contributed by atoms with Gasteiger partial charge in [0.15, 0.2) is 6.10 Å². The van der Waals surface area contributed by atoms with E-state index in [0.717, 1.165) is 57.8 Å². The normalized spacial score (nSPS) is 13.8. The molecule has 2 atom stereocenters. The van der Waals surface area contributed by atoms with Gasteiger partial charge in [-0.1, -0.05) is 207 Å². The predicted molar refractivity (Wildman–Crippen MR) is 268 cm³/mol. The molecule has 0 saturated heterocycles. The van der Waals surface area contributed by atoms with Gasteiger partial charge in [0.25, 0.3) is 0 Å². The molecular formula is C56H91NO7. The summed E-state index contributed by atoms with van der Waals surface area (Å²) in [5.41, 5.74) is 0. The van der Waals surface area contributed by atoms with E-state index in [2.05, 4.69) is 50.3 Å². The first-order valence-electron chi connectivity index (χ1n) is 25.0. The van der Waals surface area contributed by atoms with E-state index in [4.69, 9.17) is 14.2 Å². The van der Waals surface area contributed by atoms with Crippen LogP contribution in [-0.4, -0.2) is 75.5 Å². The van der Waals surface area contributed by atoms with E-state index in [1.54, 1.807) is 21.1 Å². The summed E-state index contributed by atoms with van der Waals surface area (Å²) in [5.74, 6) is -1.81. The maximum Gasteiger partial charge on any atom is 0.306 e. The quantitative estimate of drug-likeness (QED) is 0.0197. The molecule has 0 radical (unpaired) electrons. The zero-order chi connectivity index (χ0) is 47.0. The standard InChI is InChI=1S/C56H91NO7/c1-6-8-10-12-14-16-18-20-22-24-26-27-29-30-32-34-36-38-40-42-44-46-54(58)63-51-52(50-62-49-48-53(56(60)61)57(3,4)5)64-55(59)47-45-43-41-39-37-35-33-31-28-25-23-21-19-17-15-13-11-9-7-2/h8-11,13-17,19,21,23,25,28,31,33,35,37,52-53H,6-7,12,18,20,22,24,26-27,29-30,32,34,36,38-51H2,1-5H3/b10-8+,11-9+,15-13+,16-14+,19-17+,23-21+,28-25+,33-31+,37-35+. The molecule has 2 unspecified atom stereocenters. The number of esters is 2. The van der Waals surface area contributed by atoms with Crippen molar-refractivity contribution in [2.24, 2.45) is 0 Å². The summed E-state index contributed by atoms with van der Waals surface area (Å²) < 4.78 is 17.2. The molecule has 0 spiro atoms. The maximum atomic E-state index is 12.8. The summed E-state index contributed by atoms with van der Waals surface area (Å²) >= 11 is 0. The van der Waals surface area contributed by atoms with Gasteiger partial charge < -0.3 is 28.6 Å². The van der Waals surface area contributed by atoms with Gasteiger partial charge in [0.1, 0.15) is 12.6 Å². The van der Waals surface area contributed by atoms with Crippen molar-refractivity contribution in [1.82, 2.24) is 0 Å². The van der Waals surface area contributed by atoms with Crippen LogP contribution in [0.1, 0.15) is 174 Å². The first-order chi connectivity index (χ1) is 31.1. The van der Waals surface area contributed by atoms with Crippen molar-refractivity contribution in [2.45, 2.75) is 187 Å². The number of carbonyl (C=O) groups is 3. The summed E-state index contributed by atoms with van der Waals surface area (Å²) in [6.07, 6.45) is 62.6. The molecule has 0 aliphatic carbocycles. The molecule has 0 aromatic heterocycles. The Morgan fingerprint density at radius 2 is 0.906 bits per heavy atom. The molecular weight excluding hydrogens is 799 g/mol. The van der Waals surface area contributed by atoms with E-state index in [9.17, 15) is 19.5 Å². The Morgan fingerprint density at radius 1 is 0.484 bits per heavy atom. The van der Waals surface area contributed by atoms with Crippen LogP contribution in [-0.2, 0) is 28.6 Å². The van der Waals surface area contributed by atoms with E-state index in [1.165, 1.54) is 77.0 Å². The second kappa shape index (κ2) is 45.6. The minimum atomic E-state index is -1.14. The van der Waals surface area contributed by atoms with Crippen LogP contribution in [0.5, 0.6) is 0 Å². The lowest BCUT2D eigenvalue weighted by atomic mass is 10.0. The third-order valence-electron chi connectivity index (χ3n) is 10.6. The lowest BCUT2D eigenvalue weighted by Crippen LogP contribution is -2.55. The van der Waals surface area contributed by atoms with Gasteiger partial charge >= 0.3 is 11.9 Å². The van der Waals surface area contributed by atoms with Crippen molar-refractivity contribution in [3.05, 3.63) is 109 Å². The average Bonchev–Trinajstić information content (AvgIpc) is 3.26. The van der Waals surface area contributed by atoms with Crippen molar-refractivity contribution in [3.8, 4) is 0 Å². The molecule has 0 rings (SSSR count). The van der Waals surface area contributed by atoms with Crippen LogP contribution in [0.25, 0.3) is 0 Å². The number of hydrogen-bond donors (Lipinski definition) is 0. The summed E-state index contributed by atoms with van der Waals surface area (Å²) in [4.78, 5) is 37.0. The van der Waals surface area contributed by atoms with Crippen molar-refractivity contribution < 1.29 is 38.2 Å². The second-order valence-corrected chi connectivity index (χ2v) is 17.5. The monoisotopic (exact) mass is 890 g/mol. The van der Waals surface area contributed by atoms with Crippen molar-refractivity contribution in [3.63, 3.8) is 0 Å². The number of nitrogens with zero attached hydrogens (tertiary/aromatic N) is 1. The topological polar surface area (TPSA) is 102 Å². The fourth-order valence-corrected chi connectivity index (χ4v) is 6.80. The van der Waals surface area contributed by atoms with Gasteiger partial charge in [0, 0.05) is 19.3 Å². The van der Waals surface area contributed by atoms with Crippen LogP contribution in [0, 0.1) is 0 Å². The smallest absolute Gasteiger partial charge is 0.306 e. The molecule has 0 N–H and O–H groups in total. The van der Waals surface area contributed by atoms with Gasteiger partial charge in [-0.15, -0.1) is 0 Å². The van der Waals surface area contributed by atoms with Crippen LogP contribution in [0.15, 0.2) is 109 Å². The number of allylic oxidation sites excluding steroid dienone is 18. The fourth-order valence-electron chi connectivity index (χ4n) is 6.80. The molecule has 0 aliphatic heterocycles. The number of carboxylic acids is 1. The Balaban J connectivity index is 4.35. The summed E-state index contributed by atoms with van der Waals surface area (Å²) in [5, 5.41) is 11.7. The van der Waals surface area contributed by atoms with Gasteiger partial charge in [0.05, 0.1) is 40.3 Å². The van der Waals surface area contributed by atoms with E-state index in [1.807, 2.05) is 72.9 Å². The SMILES string of the molecule is CC/C=C/C=C/C=C/C=C/C=C/C=C/C=C/CCCCCC(=O)OC(COCCC(C(=O)[O-])[N+](C)(C)C)COC(=O)CCCCCCCCCCCCCCCC/C=C/C/C=C/CC. The zero-order valence-corrected chi connectivity index (χ0v) is 41.2. The van der Waals surface area contributed by atoms with E-state index in [-0.39, 0.29) is 49.1 Å². The number of rotatable bonds is 43. The summed E-state index contributed by atoms with van der Waals surface area (Å²) in [6, 6.07) is -0.742. The number of carbonyl (C=O) groups excluding carboxylic acids is 3. The number of hydrogen-bond acceptors (Lipinski definition) is 7. The molecule has 64 heavy (non-hydrogen) atoms. The largest absolute Gasteiger partial charge is 0.544 e. The Bertz CT molecular complexity index is 1410. The van der Waals surface area contributed by atoms with Gasteiger partial charge in [-0.25, -0.2) is 0 Å². The third kappa shape index (κ3) is 43.3. The highest BCUT2D eigenvalue weighted by atomic mass is 16.6. The lowest BCUT2D eigenvalue weighted by molar-refractivity contribution is -0.889. The molecule has 8 nitrogen and oxygen atoms in total. The van der Waals surface area contributed by atoms with Gasteiger partial charge in [-0.2, -0.15) is 0 Å². The number of quaternary nitrogens is 1. The molecule has 0 aromatic carbocycles. The Kier molecular flexibility index (Phi) is 42.7. The highest BCUT2D eigenvalue weighted by Gasteiger charge is 2.25. The molecule has 0 heterocycles. The minimum absolute atomic E-state index is 0.0153. The molecule has 0 aliphatic rings. The number of ether oxygens (including phenoxy) is 3. The summed E-state index contributed by atoms with van der Waals surface area (Å²) in [7, 11) is 5.38. The Hall–Kier alpha value is -4.01. The highest BCUT2D eigenvalue weighted by molar-refractivity contribution is 5.70.